The summed E-state index contributed by atoms with van der Waals surface area (Å²) in [6.45, 7) is 8.14. The first kappa shape index (κ1) is 21.9. The average molecular weight is 422 g/mol. The topological polar surface area (TPSA) is 121 Å². The molecule has 0 radical (unpaired) electrons. The largest absolute Gasteiger partial charge is 0.495 e. The first-order valence-electron chi connectivity index (χ1n) is 9.82. The van der Waals surface area contributed by atoms with Gasteiger partial charge in [0.2, 0.25) is 0 Å². The average Bonchev–Trinajstić information content (AvgIpc) is 3.22. The molecule has 3 aromatic rings. The van der Waals surface area contributed by atoms with Gasteiger partial charge in [0.15, 0.2) is 0 Å². The Kier molecular flexibility index (Phi) is 6.33. The first-order chi connectivity index (χ1) is 14.7. The Labute approximate surface area is 181 Å². The van der Waals surface area contributed by atoms with Crippen LogP contribution in [0.1, 0.15) is 43.2 Å². The lowest BCUT2D eigenvalue weighted by molar-refractivity contribution is 0.0964. The van der Waals surface area contributed by atoms with Crippen molar-refractivity contribution >= 4 is 5.91 Å². The number of hydrogen-bond donors (Lipinski definition) is 2. The van der Waals surface area contributed by atoms with Crippen molar-refractivity contribution in [2.24, 2.45) is 11.1 Å². The van der Waals surface area contributed by atoms with Crippen LogP contribution in [-0.2, 0) is 0 Å². The molecule has 0 bridgehead atoms. The van der Waals surface area contributed by atoms with E-state index in [-0.39, 0.29) is 11.3 Å². The summed E-state index contributed by atoms with van der Waals surface area (Å²) in [5, 5.41) is 11.1. The van der Waals surface area contributed by atoms with Gasteiger partial charge in [-0.15, -0.1) is 5.10 Å². The standard InChI is InChI=1S/C22H27N7O2/c1-14-19(29-13-18(27-28-29)15-8-17(31-5)12-24-10-15)9-16(11-25-14)21(30)26-20(23)6-7-22(2,3)4/h6,8-13H,7,23H2,1-5H3,(H,26,30)/b20-6+. The summed E-state index contributed by atoms with van der Waals surface area (Å²) in [5.74, 6) is 0.602. The SMILES string of the molecule is COc1cncc(-c2cn(-c3cc(C(=O)N/C(N)=C/CC(C)(C)C)cnc3C)nn2)c1. The number of nitrogens with zero attached hydrogens (tertiary/aromatic N) is 5. The van der Waals surface area contributed by atoms with Crippen molar-refractivity contribution in [3.8, 4) is 22.7 Å². The summed E-state index contributed by atoms with van der Waals surface area (Å²) in [6, 6.07) is 3.53. The monoisotopic (exact) mass is 421 g/mol. The van der Waals surface area contributed by atoms with Gasteiger partial charge in [-0.25, -0.2) is 4.68 Å². The number of allylic oxidation sites excluding steroid dienone is 1. The lowest BCUT2D eigenvalue weighted by Crippen LogP contribution is -2.28. The number of nitrogens with two attached hydrogens (primary N) is 1. The predicted octanol–water partition coefficient (Wildman–Crippen LogP) is 3.01. The van der Waals surface area contributed by atoms with E-state index in [0.29, 0.717) is 34.2 Å². The summed E-state index contributed by atoms with van der Waals surface area (Å²) in [7, 11) is 1.58. The number of methoxy groups -OCH3 is 1. The first-order valence-corrected chi connectivity index (χ1v) is 9.82. The minimum absolute atomic E-state index is 0.0804. The van der Waals surface area contributed by atoms with Crippen LogP contribution in [0.15, 0.2) is 48.8 Å². The van der Waals surface area contributed by atoms with Crippen LogP contribution in [0.4, 0.5) is 0 Å². The molecule has 0 spiro atoms. The Balaban J connectivity index is 1.83. The lowest BCUT2D eigenvalue weighted by Gasteiger charge is -2.15. The molecule has 0 atom stereocenters. The van der Waals surface area contributed by atoms with Gasteiger partial charge in [-0.1, -0.05) is 26.0 Å². The molecule has 0 saturated carbocycles. The maximum Gasteiger partial charge on any atom is 0.258 e. The van der Waals surface area contributed by atoms with Crippen molar-refractivity contribution in [1.29, 1.82) is 0 Å². The number of ether oxygens (including phenoxy) is 1. The van der Waals surface area contributed by atoms with E-state index in [0.717, 1.165) is 12.0 Å². The van der Waals surface area contributed by atoms with E-state index < -0.39 is 0 Å². The molecule has 0 aliphatic rings. The maximum absolute atomic E-state index is 12.6. The van der Waals surface area contributed by atoms with E-state index in [4.69, 9.17) is 10.5 Å². The van der Waals surface area contributed by atoms with Crippen LogP contribution >= 0.6 is 0 Å². The van der Waals surface area contributed by atoms with Crippen LogP contribution in [0.3, 0.4) is 0 Å². The summed E-state index contributed by atoms with van der Waals surface area (Å²) in [4.78, 5) is 21.1. The zero-order valence-corrected chi connectivity index (χ0v) is 18.4. The van der Waals surface area contributed by atoms with Gasteiger partial charge in [-0.3, -0.25) is 14.8 Å². The molecule has 0 aromatic carbocycles. The van der Waals surface area contributed by atoms with Crippen molar-refractivity contribution in [3.05, 3.63) is 60.1 Å². The van der Waals surface area contributed by atoms with Crippen molar-refractivity contribution in [2.75, 3.05) is 7.11 Å². The highest BCUT2D eigenvalue weighted by Crippen LogP contribution is 2.22. The molecule has 0 saturated heterocycles. The van der Waals surface area contributed by atoms with Crippen LogP contribution in [0.25, 0.3) is 16.9 Å². The molecule has 0 fully saturated rings. The molecular formula is C22H27N7O2. The number of hydrogen-bond acceptors (Lipinski definition) is 7. The molecule has 9 heteroatoms. The lowest BCUT2D eigenvalue weighted by atomic mass is 9.92. The summed E-state index contributed by atoms with van der Waals surface area (Å²) < 4.78 is 6.79. The van der Waals surface area contributed by atoms with E-state index in [2.05, 4.69) is 46.4 Å². The van der Waals surface area contributed by atoms with Crippen LogP contribution in [0.2, 0.25) is 0 Å². The molecule has 9 nitrogen and oxygen atoms in total. The Morgan fingerprint density at radius 1 is 1.26 bits per heavy atom. The normalized spacial score (nSPS) is 12.0. The second kappa shape index (κ2) is 8.95. The highest BCUT2D eigenvalue weighted by molar-refractivity contribution is 5.95. The van der Waals surface area contributed by atoms with E-state index in [9.17, 15) is 4.79 Å². The second-order valence-electron chi connectivity index (χ2n) is 8.37. The minimum atomic E-state index is -0.339. The number of carbonyl (C=O) groups excluding carboxylic acids is 1. The molecule has 31 heavy (non-hydrogen) atoms. The van der Waals surface area contributed by atoms with Crippen molar-refractivity contribution < 1.29 is 9.53 Å². The summed E-state index contributed by atoms with van der Waals surface area (Å²) >= 11 is 0. The van der Waals surface area contributed by atoms with Gasteiger partial charge in [-0.2, -0.15) is 0 Å². The zero-order valence-electron chi connectivity index (χ0n) is 18.4. The maximum atomic E-state index is 12.6. The quantitative estimate of drug-likeness (QED) is 0.627. The number of rotatable bonds is 6. The Bertz CT molecular complexity index is 1110. The van der Waals surface area contributed by atoms with Gasteiger partial charge < -0.3 is 15.8 Å². The molecule has 3 heterocycles. The number of nitrogens with one attached hydrogen (secondary N) is 1. The fourth-order valence-electron chi connectivity index (χ4n) is 2.73. The number of carbonyl (C=O) groups is 1. The third kappa shape index (κ3) is 5.65. The molecule has 0 unspecified atom stereocenters. The van der Waals surface area contributed by atoms with Crippen molar-refractivity contribution in [2.45, 2.75) is 34.1 Å². The van der Waals surface area contributed by atoms with Crippen LogP contribution < -0.4 is 15.8 Å². The molecular weight excluding hydrogens is 394 g/mol. The van der Waals surface area contributed by atoms with Gasteiger partial charge in [0.25, 0.3) is 5.91 Å². The van der Waals surface area contributed by atoms with Gasteiger partial charge in [0.1, 0.15) is 11.4 Å². The zero-order chi connectivity index (χ0) is 22.6. The molecule has 162 valence electrons. The number of pyridine rings is 2. The number of amides is 1. The Morgan fingerprint density at radius 3 is 2.74 bits per heavy atom. The van der Waals surface area contributed by atoms with Gasteiger partial charge in [0, 0.05) is 18.0 Å². The summed E-state index contributed by atoms with van der Waals surface area (Å²) in [6.07, 6.45) is 9.11. The van der Waals surface area contributed by atoms with Gasteiger partial charge in [0.05, 0.1) is 42.3 Å². The molecule has 3 aromatic heterocycles. The van der Waals surface area contributed by atoms with Crippen LogP contribution in [-0.4, -0.2) is 38.0 Å². The Morgan fingerprint density at radius 2 is 2.03 bits per heavy atom. The van der Waals surface area contributed by atoms with E-state index in [1.54, 1.807) is 36.4 Å². The number of aryl methyl sites for hydroxylation is 1. The van der Waals surface area contributed by atoms with E-state index in [1.165, 1.54) is 6.20 Å². The highest BCUT2D eigenvalue weighted by atomic mass is 16.5. The predicted molar refractivity (Wildman–Crippen MR) is 117 cm³/mol. The van der Waals surface area contributed by atoms with E-state index >= 15 is 0 Å². The van der Waals surface area contributed by atoms with Crippen LogP contribution in [0, 0.1) is 12.3 Å². The van der Waals surface area contributed by atoms with Gasteiger partial charge >= 0.3 is 0 Å². The smallest absolute Gasteiger partial charge is 0.258 e. The van der Waals surface area contributed by atoms with Gasteiger partial charge in [-0.05, 0) is 37.0 Å². The third-order valence-electron chi connectivity index (χ3n) is 4.50. The van der Waals surface area contributed by atoms with Crippen molar-refractivity contribution in [1.82, 2.24) is 30.3 Å². The molecule has 3 N–H and O–H groups in total. The third-order valence-corrected chi connectivity index (χ3v) is 4.50. The molecule has 3 rings (SSSR count). The summed E-state index contributed by atoms with van der Waals surface area (Å²) in [5.41, 5.74) is 9.13. The fraction of sp³-hybridized carbons (Fsp3) is 0.318. The fourth-order valence-corrected chi connectivity index (χ4v) is 2.73. The molecule has 0 aliphatic carbocycles. The second-order valence-corrected chi connectivity index (χ2v) is 8.37. The molecule has 1 amide bonds. The van der Waals surface area contributed by atoms with E-state index in [1.807, 2.05) is 19.1 Å². The molecule has 0 aliphatic heterocycles. The van der Waals surface area contributed by atoms with Crippen molar-refractivity contribution in [3.63, 3.8) is 0 Å². The number of aromatic nitrogens is 5. The highest BCUT2D eigenvalue weighted by Gasteiger charge is 2.14. The Hall–Kier alpha value is -3.75. The minimum Gasteiger partial charge on any atom is -0.495 e. The van der Waals surface area contributed by atoms with Crippen LogP contribution in [0.5, 0.6) is 5.75 Å².